The lowest BCUT2D eigenvalue weighted by Crippen LogP contribution is -2.26. The van der Waals surface area contributed by atoms with Gasteiger partial charge in [0.1, 0.15) is 0 Å². The summed E-state index contributed by atoms with van der Waals surface area (Å²) in [6.07, 6.45) is 3.47. The van der Waals surface area contributed by atoms with E-state index in [9.17, 15) is 0 Å². The van der Waals surface area contributed by atoms with Crippen LogP contribution in [0.4, 0.5) is 0 Å². The molecule has 516 valence electrons. The molecule has 0 aliphatic heterocycles. The zero-order valence-corrected chi connectivity index (χ0v) is 64.9. The molecule has 0 heteroatoms. The third-order valence-electron chi connectivity index (χ3n) is 16.3. The van der Waals surface area contributed by atoms with Gasteiger partial charge in [0, 0.05) is 10.8 Å². The molecular weight excluding hydrogens is 1180 g/mol. The Morgan fingerprint density at radius 3 is 0.714 bits per heavy atom. The van der Waals surface area contributed by atoms with Gasteiger partial charge >= 0.3 is 0 Å². The molecule has 0 aliphatic carbocycles. The summed E-state index contributed by atoms with van der Waals surface area (Å²) in [7, 11) is 0. The molecule has 0 saturated carbocycles. The Balaban J connectivity index is 0.000000425. The summed E-state index contributed by atoms with van der Waals surface area (Å²) in [5.41, 5.74) is 17.0. The van der Waals surface area contributed by atoms with E-state index in [0.29, 0.717) is 0 Å². The van der Waals surface area contributed by atoms with Crippen LogP contribution in [0, 0.1) is 41.5 Å². The summed E-state index contributed by atoms with van der Waals surface area (Å²) < 4.78 is 0. The van der Waals surface area contributed by atoms with Gasteiger partial charge in [0.15, 0.2) is 0 Å². The van der Waals surface area contributed by atoms with Crippen molar-refractivity contribution in [2.24, 2.45) is 0 Å². The molecule has 13 rings (SSSR count). The van der Waals surface area contributed by atoms with Crippen LogP contribution in [0.2, 0.25) is 0 Å². The molecule has 0 bridgehead atoms. The number of aryl methyl sites for hydroxylation is 6. The molecule has 0 saturated heterocycles. The lowest BCUT2D eigenvalue weighted by molar-refractivity contribution is 0.637. The van der Waals surface area contributed by atoms with Crippen LogP contribution in [-0.2, 0) is 17.3 Å². The van der Waals surface area contributed by atoms with Crippen molar-refractivity contribution < 1.29 is 0 Å². The second kappa shape index (κ2) is 47.8. The maximum Gasteiger partial charge on any atom is 0.0423 e. The minimum absolute atomic E-state index is 0.0453. The Kier molecular flexibility index (Phi) is 41.4. The van der Waals surface area contributed by atoms with E-state index in [1.165, 1.54) is 128 Å². The summed E-state index contributed by atoms with van der Waals surface area (Å²) in [4.78, 5) is 0. The molecule has 0 N–H and O–H groups in total. The van der Waals surface area contributed by atoms with Gasteiger partial charge in [-0.15, -0.1) is 0 Å². The van der Waals surface area contributed by atoms with E-state index >= 15 is 0 Å². The largest absolute Gasteiger partial charge is 0.0683 e. The fourth-order valence-corrected chi connectivity index (χ4v) is 11.0. The number of benzene rings is 13. The lowest BCUT2D eigenvalue weighted by Gasteiger charge is -2.33. The van der Waals surface area contributed by atoms with Gasteiger partial charge in [0.05, 0.1) is 0 Å². The molecule has 98 heavy (non-hydrogen) atoms. The second-order valence-electron chi connectivity index (χ2n) is 24.0. The van der Waals surface area contributed by atoms with Crippen LogP contribution in [0.25, 0.3) is 43.1 Å². The van der Waals surface area contributed by atoms with Gasteiger partial charge in [0.25, 0.3) is 0 Å². The SMILES string of the molecule is CC.CC.CC.CC.CC.CCC.CCC.Cc1ccc(C(C)(C)c2ccc(C(C)(c3ccc(C)cc3)c3ccc(C)cc3)cc2)cc1.Cc1cccc2ccccc12.Cc1cccc2ccccc12.Cc1ccccc1.c1ccc2c(Cc3cccc4ccccc34)cccc2c1. The Morgan fingerprint density at radius 1 is 0.214 bits per heavy atom. The smallest absolute Gasteiger partial charge is 0.0423 e. The van der Waals surface area contributed by atoms with Crippen molar-refractivity contribution in [1.29, 1.82) is 0 Å². The predicted molar refractivity (Wildman–Crippen MR) is 446 cm³/mol. The highest BCUT2D eigenvalue weighted by Gasteiger charge is 2.32. The van der Waals surface area contributed by atoms with Crippen molar-refractivity contribution in [2.45, 2.75) is 189 Å². The molecule has 13 aromatic carbocycles. The van der Waals surface area contributed by atoms with Gasteiger partial charge in [-0.05, 0) is 148 Å². The third kappa shape index (κ3) is 26.0. The maximum atomic E-state index is 2.35. The molecule has 0 aliphatic rings. The first-order chi connectivity index (χ1) is 47.6. The Morgan fingerprint density at radius 2 is 0.429 bits per heavy atom. The van der Waals surface area contributed by atoms with Crippen LogP contribution in [0.3, 0.4) is 0 Å². The summed E-state index contributed by atoms with van der Waals surface area (Å²) in [5.74, 6) is 0. The van der Waals surface area contributed by atoms with Gasteiger partial charge in [0.2, 0.25) is 0 Å². The van der Waals surface area contributed by atoms with E-state index in [1.54, 1.807) is 0 Å². The van der Waals surface area contributed by atoms with Gasteiger partial charge in [-0.1, -0.05) is 443 Å². The monoisotopic (exact) mass is 1300 g/mol. The van der Waals surface area contributed by atoms with Crippen molar-refractivity contribution in [3.63, 3.8) is 0 Å². The quantitative estimate of drug-likeness (QED) is 0.140. The summed E-state index contributed by atoms with van der Waals surface area (Å²) in [6, 6.07) is 106. The average Bonchev–Trinajstić information content (AvgIpc) is 0.763. The molecule has 0 radical (unpaired) electrons. The van der Waals surface area contributed by atoms with Crippen LogP contribution in [0.1, 0.15) is 203 Å². The zero-order valence-electron chi connectivity index (χ0n) is 64.9. The second-order valence-corrected chi connectivity index (χ2v) is 24.0. The van der Waals surface area contributed by atoms with E-state index < -0.39 is 0 Å². The number of fused-ring (bicyclic) bond motifs is 4. The van der Waals surface area contributed by atoms with Crippen LogP contribution in [0.5, 0.6) is 0 Å². The van der Waals surface area contributed by atoms with Crippen LogP contribution >= 0.6 is 0 Å². The van der Waals surface area contributed by atoms with Crippen LogP contribution in [0.15, 0.2) is 297 Å². The normalized spacial score (nSPS) is 9.91. The highest BCUT2D eigenvalue weighted by Crippen LogP contribution is 2.41. The third-order valence-corrected chi connectivity index (χ3v) is 16.3. The Labute approximate surface area is 598 Å². The minimum Gasteiger partial charge on any atom is -0.0683 e. The highest BCUT2D eigenvalue weighted by atomic mass is 14.3. The molecule has 0 unspecified atom stereocenters. The molecule has 0 atom stereocenters. The molecule has 13 aromatic rings. The van der Waals surface area contributed by atoms with Gasteiger partial charge in [-0.25, -0.2) is 0 Å². The topological polar surface area (TPSA) is 0 Å². The standard InChI is InChI=1S/C32H34.C21H16.2C11H10.C7H8.2C3H8.5C2H6/c1-23-7-13-26(14-8-23)31(4,5)27-19-21-30(22-20-27)32(6,28-15-9-24(2)10-16-28)29-17-11-25(3)12-18-29;1-3-13-20-16(7-1)9-5-11-18(20)15-19-12-6-10-17-8-2-4-14-21(17)19;2*1-9-5-4-7-10-6-2-3-8-11(9)10;1-7-5-3-2-4-6-7;2*1-3-2;5*1-2/h7-22H,1-6H3;1-14H,15H2;2*2-8H,1H3;2-6H,1H3;2*3H2,1-2H3;5*1-2H3. The van der Waals surface area contributed by atoms with Crippen molar-refractivity contribution in [3.8, 4) is 0 Å². The van der Waals surface area contributed by atoms with Crippen LogP contribution < -0.4 is 0 Å². The summed E-state index contributed by atoms with van der Waals surface area (Å²) in [6.45, 7) is 48.3. The molecular formula is C98H124. The van der Waals surface area contributed by atoms with Crippen molar-refractivity contribution >= 4 is 43.1 Å². The van der Waals surface area contributed by atoms with Gasteiger partial charge < -0.3 is 0 Å². The lowest BCUT2D eigenvalue weighted by atomic mass is 9.70. The fourth-order valence-electron chi connectivity index (χ4n) is 11.0. The van der Waals surface area contributed by atoms with Gasteiger partial charge in [-0.3, -0.25) is 0 Å². The van der Waals surface area contributed by atoms with E-state index in [0.717, 1.165) is 6.42 Å². The average molecular weight is 1300 g/mol. The predicted octanol–water partition coefficient (Wildman–Crippen LogP) is 30.1. The molecule has 0 fully saturated rings. The van der Waals surface area contributed by atoms with Crippen LogP contribution in [-0.4, -0.2) is 0 Å². The number of hydrogen-bond acceptors (Lipinski definition) is 0. The van der Waals surface area contributed by atoms with Crippen molar-refractivity contribution in [2.75, 3.05) is 0 Å². The van der Waals surface area contributed by atoms with Crippen molar-refractivity contribution in [3.05, 3.63) is 370 Å². The van der Waals surface area contributed by atoms with E-state index in [1.807, 2.05) is 87.4 Å². The van der Waals surface area contributed by atoms with Gasteiger partial charge in [-0.2, -0.15) is 0 Å². The first-order valence-corrected chi connectivity index (χ1v) is 36.8. The van der Waals surface area contributed by atoms with E-state index in [2.05, 4.69) is 369 Å². The zero-order chi connectivity index (χ0) is 72.9. The first kappa shape index (κ1) is 85.0. The Bertz CT molecular complexity index is 3940. The number of hydrogen-bond donors (Lipinski definition) is 0. The fraction of sp³-hybridized carbons (Fsp3) is 0.286. The maximum absolute atomic E-state index is 2.35. The van der Waals surface area contributed by atoms with E-state index in [4.69, 9.17) is 0 Å². The minimum atomic E-state index is -0.214. The van der Waals surface area contributed by atoms with Crippen molar-refractivity contribution in [1.82, 2.24) is 0 Å². The molecule has 0 nitrogen and oxygen atoms in total. The molecule has 0 heterocycles. The summed E-state index contributed by atoms with van der Waals surface area (Å²) in [5, 5.41) is 10.7. The molecule has 0 spiro atoms. The summed E-state index contributed by atoms with van der Waals surface area (Å²) >= 11 is 0. The Hall–Kier alpha value is -9.10. The highest BCUT2D eigenvalue weighted by molar-refractivity contribution is 5.89. The molecule has 0 amide bonds. The van der Waals surface area contributed by atoms with E-state index in [-0.39, 0.29) is 10.8 Å². The molecule has 0 aromatic heterocycles. The number of rotatable bonds is 7. The first-order valence-electron chi connectivity index (χ1n) is 36.8.